The lowest BCUT2D eigenvalue weighted by molar-refractivity contribution is -0.385. The lowest BCUT2D eigenvalue weighted by atomic mass is 10.0. The highest BCUT2D eigenvalue weighted by Crippen LogP contribution is 2.39. The number of nitrogens with zero attached hydrogens (tertiary/aromatic N) is 2. The summed E-state index contributed by atoms with van der Waals surface area (Å²) in [5, 5.41) is 10.7. The van der Waals surface area contributed by atoms with Crippen LogP contribution in [0.3, 0.4) is 0 Å². The summed E-state index contributed by atoms with van der Waals surface area (Å²) in [6, 6.07) is 2.18. The maximum absolute atomic E-state index is 14.3. The minimum atomic E-state index is -4.84. The number of piperidine rings is 1. The molecular formula is C15H16F4N2O4. The first kappa shape index (κ1) is 17.9. The Balaban J connectivity index is 1.74. The van der Waals surface area contributed by atoms with E-state index in [0.717, 1.165) is 18.6 Å². The second kappa shape index (κ2) is 6.75. The van der Waals surface area contributed by atoms with Gasteiger partial charge in [-0.05, 0) is 6.07 Å². The molecule has 2 heterocycles. The molecular weight excluding hydrogens is 348 g/mol. The first-order chi connectivity index (χ1) is 11.8. The van der Waals surface area contributed by atoms with Gasteiger partial charge in [-0.15, -0.1) is 0 Å². The fourth-order valence-corrected chi connectivity index (χ4v) is 2.93. The average Bonchev–Trinajstić information content (AvgIpc) is 2.47. The van der Waals surface area contributed by atoms with Gasteiger partial charge in [0.1, 0.15) is 29.8 Å². The standard InChI is InChI=1S/C15H16F4N2O4/c16-11-8-20(14-4-6-24-14)5-3-13(11)25-12-2-1-9(21(22)23)7-10(12)15(17,18)19/h1-2,7,11,13-14H,3-6,8H2/t11-,13-,14?/m1/s1. The predicted molar refractivity (Wildman–Crippen MR) is 78.0 cm³/mol. The molecule has 3 atom stereocenters. The Hall–Kier alpha value is -1.94. The molecule has 2 aliphatic rings. The van der Waals surface area contributed by atoms with Crippen LogP contribution in [0.15, 0.2) is 18.2 Å². The number of hydrogen-bond acceptors (Lipinski definition) is 5. The van der Waals surface area contributed by atoms with Gasteiger partial charge in [0.05, 0.1) is 11.5 Å². The van der Waals surface area contributed by atoms with Crippen LogP contribution in [0, 0.1) is 10.1 Å². The van der Waals surface area contributed by atoms with Crippen LogP contribution >= 0.6 is 0 Å². The Kier molecular flexibility index (Phi) is 4.83. The first-order valence-electron chi connectivity index (χ1n) is 7.77. The molecule has 0 amide bonds. The molecule has 138 valence electrons. The van der Waals surface area contributed by atoms with Crippen molar-refractivity contribution >= 4 is 5.69 Å². The van der Waals surface area contributed by atoms with E-state index in [1.165, 1.54) is 0 Å². The molecule has 2 saturated heterocycles. The Morgan fingerprint density at radius 2 is 2.04 bits per heavy atom. The topological polar surface area (TPSA) is 64.8 Å². The summed E-state index contributed by atoms with van der Waals surface area (Å²) in [6.07, 6.45) is -6.49. The number of likely N-dealkylation sites (tertiary alicyclic amines) is 1. The van der Waals surface area contributed by atoms with Gasteiger partial charge >= 0.3 is 6.18 Å². The smallest absolute Gasteiger partial charge is 0.420 e. The zero-order valence-corrected chi connectivity index (χ0v) is 13.0. The van der Waals surface area contributed by atoms with Crippen molar-refractivity contribution in [2.45, 2.75) is 37.5 Å². The fourth-order valence-electron chi connectivity index (χ4n) is 2.93. The normalized spacial score (nSPS) is 27.6. The highest BCUT2D eigenvalue weighted by molar-refractivity contribution is 5.45. The van der Waals surface area contributed by atoms with Crippen molar-refractivity contribution in [3.05, 3.63) is 33.9 Å². The van der Waals surface area contributed by atoms with Crippen LogP contribution in [-0.4, -0.2) is 48.0 Å². The zero-order chi connectivity index (χ0) is 18.2. The molecule has 2 aliphatic heterocycles. The van der Waals surface area contributed by atoms with Crippen molar-refractivity contribution in [3.63, 3.8) is 0 Å². The molecule has 1 aromatic rings. The molecule has 2 fully saturated rings. The van der Waals surface area contributed by atoms with E-state index in [9.17, 15) is 27.7 Å². The van der Waals surface area contributed by atoms with E-state index < -0.39 is 40.4 Å². The lowest BCUT2D eigenvalue weighted by Crippen LogP contribution is -2.54. The maximum atomic E-state index is 14.3. The van der Waals surface area contributed by atoms with Gasteiger partial charge in [-0.25, -0.2) is 4.39 Å². The number of hydrogen-bond donors (Lipinski definition) is 0. The second-order valence-corrected chi connectivity index (χ2v) is 6.01. The number of benzene rings is 1. The summed E-state index contributed by atoms with van der Waals surface area (Å²) in [6.45, 7) is 1.09. The Labute approximate surface area is 140 Å². The summed E-state index contributed by atoms with van der Waals surface area (Å²) in [4.78, 5) is 11.6. The van der Waals surface area contributed by atoms with Crippen LogP contribution in [0.2, 0.25) is 0 Å². The molecule has 0 spiro atoms. The van der Waals surface area contributed by atoms with Gasteiger partial charge in [0, 0.05) is 38.1 Å². The molecule has 1 unspecified atom stereocenters. The average molecular weight is 364 g/mol. The van der Waals surface area contributed by atoms with Gasteiger partial charge in [0.25, 0.3) is 5.69 Å². The van der Waals surface area contributed by atoms with Crippen molar-refractivity contribution in [1.29, 1.82) is 0 Å². The number of nitro groups is 1. The predicted octanol–water partition coefficient (Wildman–Crippen LogP) is 3.15. The van der Waals surface area contributed by atoms with Gasteiger partial charge in [-0.3, -0.25) is 15.0 Å². The molecule has 10 heteroatoms. The monoisotopic (exact) mass is 364 g/mol. The van der Waals surface area contributed by atoms with Gasteiger partial charge in [0.15, 0.2) is 0 Å². The van der Waals surface area contributed by atoms with E-state index >= 15 is 0 Å². The maximum Gasteiger partial charge on any atom is 0.420 e. The van der Waals surface area contributed by atoms with Crippen molar-refractivity contribution < 1.29 is 32.0 Å². The SMILES string of the molecule is O=[N+]([O-])c1ccc(O[C@@H]2CCN(C3CCO3)C[C@H]2F)c(C(F)(F)F)c1. The molecule has 0 aromatic heterocycles. The largest absolute Gasteiger partial charge is 0.487 e. The third-order valence-corrected chi connectivity index (χ3v) is 4.35. The van der Waals surface area contributed by atoms with E-state index in [2.05, 4.69) is 0 Å². The van der Waals surface area contributed by atoms with E-state index in [1.54, 1.807) is 4.90 Å². The van der Waals surface area contributed by atoms with Crippen molar-refractivity contribution in [3.8, 4) is 5.75 Å². The summed E-state index contributed by atoms with van der Waals surface area (Å²) in [5.74, 6) is -0.598. The van der Waals surface area contributed by atoms with Gasteiger partial charge in [-0.2, -0.15) is 13.2 Å². The molecule has 3 rings (SSSR count). The third-order valence-electron chi connectivity index (χ3n) is 4.35. The number of halogens is 4. The zero-order valence-electron chi connectivity index (χ0n) is 13.0. The van der Waals surface area contributed by atoms with Crippen molar-refractivity contribution in [1.82, 2.24) is 4.90 Å². The minimum Gasteiger partial charge on any atom is -0.487 e. The third kappa shape index (κ3) is 3.84. The van der Waals surface area contributed by atoms with Crippen LogP contribution in [0.25, 0.3) is 0 Å². The molecule has 1 aromatic carbocycles. The van der Waals surface area contributed by atoms with E-state index in [0.29, 0.717) is 19.2 Å². The summed E-state index contributed by atoms with van der Waals surface area (Å²) in [7, 11) is 0. The van der Waals surface area contributed by atoms with Gasteiger partial charge in [0.2, 0.25) is 0 Å². The molecule has 0 bridgehead atoms. The van der Waals surface area contributed by atoms with Gasteiger partial charge < -0.3 is 9.47 Å². The molecule has 25 heavy (non-hydrogen) atoms. The molecule has 0 saturated carbocycles. The first-order valence-corrected chi connectivity index (χ1v) is 7.77. The number of alkyl halides is 4. The Morgan fingerprint density at radius 1 is 1.32 bits per heavy atom. The van der Waals surface area contributed by atoms with Gasteiger partial charge in [-0.1, -0.05) is 0 Å². The summed E-state index contributed by atoms with van der Waals surface area (Å²) < 4.78 is 64.3. The van der Waals surface area contributed by atoms with E-state index in [-0.39, 0.29) is 19.2 Å². The molecule has 0 radical (unpaired) electrons. The van der Waals surface area contributed by atoms with Crippen LogP contribution in [0.1, 0.15) is 18.4 Å². The van der Waals surface area contributed by atoms with Crippen LogP contribution in [0.5, 0.6) is 5.75 Å². The molecule has 0 aliphatic carbocycles. The van der Waals surface area contributed by atoms with E-state index in [1.807, 2.05) is 0 Å². The van der Waals surface area contributed by atoms with Crippen LogP contribution < -0.4 is 4.74 Å². The fraction of sp³-hybridized carbons (Fsp3) is 0.600. The number of ether oxygens (including phenoxy) is 2. The van der Waals surface area contributed by atoms with Crippen molar-refractivity contribution in [2.75, 3.05) is 19.7 Å². The molecule has 6 nitrogen and oxygen atoms in total. The highest BCUT2D eigenvalue weighted by Gasteiger charge is 2.40. The summed E-state index contributed by atoms with van der Waals surface area (Å²) in [5.41, 5.74) is -1.98. The number of rotatable bonds is 4. The quantitative estimate of drug-likeness (QED) is 0.467. The minimum absolute atomic E-state index is 0.0175. The summed E-state index contributed by atoms with van der Waals surface area (Å²) >= 11 is 0. The van der Waals surface area contributed by atoms with Crippen LogP contribution in [0.4, 0.5) is 23.2 Å². The van der Waals surface area contributed by atoms with Crippen LogP contribution in [-0.2, 0) is 10.9 Å². The number of non-ortho nitro benzene ring substituents is 1. The lowest BCUT2D eigenvalue weighted by Gasteiger charge is -2.42. The highest BCUT2D eigenvalue weighted by atomic mass is 19.4. The Bertz CT molecular complexity index is 651. The number of nitro benzene ring substituents is 1. The molecule has 0 N–H and O–H groups in total. The second-order valence-electron chi connectivity index (χ2n) is 6.01. The Morgan fingerprint density at radius 3 is 2.56 bits per heavy atom. The van der Waals surface area contributed by atoms with Crippen molar-refractivity contribution in [2.24, 2.45) is 0 Å². The van der Waals surface area contributed by atoms with E-state index in [4.69, 9.17) is 9.47 Å².